The third kappa shape index (κ3) is 4.95. The number of hydrogen-bond acceptors (Lipinski definition) is 3. The lowest BCUT2D eigenvalue weighted by Gasteiger charge is -2.26. The molecule has 1 fully saturated rings. The average molecular weight is 433 g/mol. The molecule has 3 aromatic rings. The third-order valence-electron chi connectivity index (χ3n) is 5.70. The van der Waals surface area contributed by atoms with Crippen LogP contribution in [0.2, 0.25) is 0 Å². The lowest BCUT2D eigenvalue weighted by molar-refractivity contribution is -0.137. The molecule has 2 aromatic heterocycles. The summed E-state index contributed by atoms with van der Waals surface area (Å²) in [6, 6.07) is 8.64. The smallest absolute Gasteiger partial charge is 0.416 e. The van der Waals surface area contributed by atoms with Gasteiger partial charge in [0, 0.05) is 31.8 Å². The fraction of sp³-hybridized carbons (Fsp3) is 0.435. The Morgan fingerprint density at radius 2 is 1.90 bits per heavy atom. The third-order valence-corrected chi connectivity index (χ3v) is 5.70. The summed E-state index contributed by atoms with van der Waals surface area (Å²) in [5, 5.41) is 2.95. The summed E-state index contributed by atoms with van der Waals surface area (Å²) in [5.41, 5.74) is 1.38. The summed E-state index contributed by atoms with van der Waals surface area (Å²) in [7, 11) is 0. The SMILES string of the molecule is Cc1cc2c(cc(C(=O)NCCN3CCCCC3)n2Cc2cccc(C(F)(F)F)c2)o1. The van der Waals surface area contributed by atoms with E-state index < -0.39 is 11.7 Å². The van der Waals surface area contributed by atoms with Gasteiger partial charge in [-0.1, -0.05) is 18.6 Å². The predicted octanol–water partition coefficient (Wildman–Crippen LogP) is 4.83. The summed E-state index contributed by atoms with van der Waals surface area (Å²) < 4.78 is 46.7. The van der Waals surface area contributed by atoms with Gasteiger partial charge < -0.3 is 19.2 Å². The van der Waals surface area contributed by atoms with Crippen LogP contribution in [-0.2, 0) is 12.7 Å². The molecule has 0 saturated carbocycles. The second-order valence-electron chi connectivity index (χ2n) is 8.08. The van der Waals surface area contributed by atoms with Crippen LogP contribution < -0.4 is 5.32 Å². The molecule has 0 radical (unpaired) electrons. The second kappa shape index (κ2) is 8.78. The number of rotatable bonds is 6. The first-order chi connectivity index (χ1) is 14.8. The van der Waals surface area contributed by atoms with E-state index in [4.69, 9.17) is 4.42 Å². The minimum Gasteiger partial charge on any atom is -0.460 e. The van der Waals surface area contributed by atoms with Crippen molar-refractivity contribution in [3.63, 3.8) is 0 Å². The Hall–Kier alpha value is -2.74. The molecule has 5 nitrogen and oxygen atoms in total. The lowest BCUT2D eigenvalue weighted by atomic mass is 10.1. The number of nitrogens with one attached hydrogen (secondary N) is 1. The van der Waals surface area contributed by atoms with Gasteiger partial charge in [0.2, 0.25) is 0 Å². The number of hydrogen-bond donors (Lipinski definition) is 1. The van der Waals surface area contributed by atoms with Crippen LogP contribution in [0.25, 0.3) is 11.1 Å². The first-order valence-electron chi connectivity index (χ1n) is 10.6. The number of likely N-dealkylation sites (tertiary alicyclic amines) is 1. The lowest BCUT2D eigenvalue weighted by Crippen LogP contribution is -2.38. The number of aryl methyl sites for hydroxylation is 1. The molecular formula is C23H26F3N3O2. The molecule has 1 aliphatic rings. The van der Waals surface area contributed by atoms with Crippen LogP contribution in [0.3, 0.4) is 0 Å². The van der Waals surface area contributed by atoms with E-state index in [1.807, 2.05) is 0 Å². The van der Waals surface area contributed by atoms with E-state index in [0.717, 1.165) is 31.8 Å². The van der Waals surface area contributed by atoms with Gasteiger partial charge in [-0.3, -0.25) is 4.79 Å². The first-order valence-corrected chi connectivity index (χ1v) is 10.6. The van der Waals surface area contributed by atoms with Crippen molar-refractivity contribution in [1.29, 1.82) is 0 Å². The summed E-state index contributed by atoms with van der Waals surface area (Å²) in [4.78, 5) is 15.2. The summed E-state index contributed by atoms with van der Waals surface area (Å²) in [5.74, 6) is 0.424. The molecule has 1 amide bonds. The van der Waals surface area contributed by atoms with Gasteiger partial charge in [0.25, 0.3) is 5.91 Å². The highest BCUT2D eigenvalue weighted by Crippen LogP contribution is 2.30. The zero-order chi connectivity index (χ0) is 22.0. The number of alkyl halides is 3. The normalized spacial score (nSPS) is 15.5. The number of aromatic nitrogens is 1. The molecule has 166 valence electrons. The highest BCUT2D eigenvalue weighted by atomic mass is 19.4. The quantitative estimate of drug-likeness (QED) is 0.606. The molecule has 1 saturated heterocycles. The Bertz CT molecular complexity index is 1060. The standard InChI is InChI=1S/C23H26F3N3O2/c1-16-12-19-21(31-16)14-20(22(30)27-8-11-28-9-3-2-4-10-28)29(19)15-17-6-5-7-18(13-17)23(24,25)26/h5-7,12-14H,2-4,8-11,15H2,1H3,(H,27,30). The van der Waals surface area contributed by atoms with Crippen molar-refractivity contribution >= 4 is 17.0 Å². The van der Waals surface area contributed by atoms with Crippen LogP contribution in [0.5, 0.6) is 0 Å². The summed E-state index contributed by atoms with van der Waals surface area (Å²) >= 11 is 0. The molecule has 1 aliphatic heterocycles. The Morgan fingerprint density at radius 1 is 1.13 bits per heavy atom. The average Bonchev–Trinajstić information content (AvgIpc) is 3.25. The van der Waals surface area contributed by atoms with Crippen molar-refractivity contribution in [3.05, 3.63) is 59.0 Å². The summed E-state index contributed by atoms with van der Waals surface area (Å²) in [6.07, 6.45) is -0.791. The van der Waals surface area contributed by atoms with Crippen LogP contribution in [0, 0.1) is 6.92 Å². The Labute approximate surface area is 178 Å². The molecule has 0 aliphatic carbocycles. The van der Waals surface area contributed by atoms with E-state index >= 15 is 0 Å². The van der Waals surface area contributed by atoms with Crippen LogP contribution in [-0.4, -0.2) is 41.6 Å². The number of piperidine rings is 1. The highest BCUT2D eigenvalue weighted by Gasteiger charge is 2.30. The van der Waals surface area contributed by atoms with Crippen LogP contribution >= 0.6 is 0 Å². The Kier molecular flexibility index (Phi) is 6.09. The number of furan rings is 1. The molecular weight excluding hydrogens is 407 g/mol. The number of halogens is 3. The van der Waals surface area contributed by atoms with Gasteiger partial charge in [0.1, 0.15) is 11.5 Å². The van der Waals surface area contributed by atoms with Crippen molar-refractivity contribution < 1.29 is 22.4 Å². The number of carbonyl (C=O) groups excluding carboxylic acids is 1. The van der Waals surface area contributed by atoms with Crippen LogP contribution in [0.1, 0.15) is 46.6 Å². The molecule has 1 N–H and O–H groups in total. The number of benzene rings is 1. The fourth-order valence-corrected chi connectivity index (χ4v) is 4.15. The zero-order valence-corrected chi connectivity index (χ0v) is 17.5. The van der Waals surface area contributed by atoms with E-state index in [-0.39, 0.29) is 12.5 Å². The summed E-state index contributed by atoms with van der Waals surface area (Å²) in [6.45, 7) is 5.35. The van der Waals surface area contributed by atoms with Crippen molar-refractivity contribution in [2.45, 2.75) is 38.9 Å². The van der Waals surface area contributed by atoms with E-state index in [2.05, 4.69) is 10.2 Å². The maximum Gasteiger partial charge on any atom is 0.416 e. The molecule has 1 aromatic carbocycles. The maximum absolute atomic E-state index is 13.1. The van der Waals surface area contributed by atoms with E-state index in [9.17, 15) is 18.0 Å². The number of fused-ring (bicyclic) bond motifs is 1. The monoisotopic (exact) mass is 433 g/mol. The van der Waals surface area contributed by atoms with Gasteiger partial charge in [-0.05, 0) is 50.6 Å². The molecule has 0 unspecified atom stereocenters. The van der Waals surface area contributed by atoms with Gasteiger partial charge in [-0.2, -0.15) is 13.2 Å². The van der Waals surface area contributed by atoms with Gasteiger partial charge in [0.05, 0.1) is 11.1 Å². The molecule has 3 heterocycles. The number of nitrogens with zero attached hydrogens (tertiary/aromatic N) is 2. The predicted molar refractivity (Wildman–Crippen MR) is 112 cm³/mol. The number of amides is 1. The van der Waals surface area contributed by atoms with Crippen LogP contribution in [0.4, 0.5) is 13.2 Å². The van der Waals surface area contributed by atoms with E-state index in [0.29, 0.717) is 34.7 Å². The Balaban J connectivity index is 1.54. The molecule has 0 atom stereocenters. The van der Waals surface area contributed by atoms with Crippen molar-refractivity contribution in [3.8, 4) is 0 Å². The van der Waals surface area contributed by atoms with Crippen molar-refractivity contribution in [2.24, 2.45) is 0 Å². The van der Waals surface area contributed by atoms with Crippen molar-refractivity contribution in [1.82, 2.24) is 14.8 Å². The second-order valence-corrected chi connectivity index (χ2v) is 8.08. The first kappa shape index (κ1) is 21.5. The Morgan fingerprint density at radius 3 is 2.65 bits per heavy atom. The van der Waals surface area contributed by atoms with Gasteiger partial charge in [-0.25, -0.2) is 0 Å². The minimum absolute atomic E-state index is 0.140. The molecule has 8 heteroatoms. The van der Waals surface area contributed by atoms with E-state index in [1.54, 1.807) is 29.7 Å². The molecule has 31 heavy (non-hydrogen) atoms. The molecule has 0 bridgehead atoms. The molecule has 0 spiro atoms. The van der Waals surface area contributed by atoms with Crippen LogP contribution in [0.15, 0.2) is 40.8 Å². The fourth-order valence-electron chi connectivity index (χ4n) is 4.15. The zero-order valence-electron chi connectivity index (χ0n) is 17.5. The van der Waals surface area contributed by atoms with E-state index in [1.165, 1.54) is 25.3 Å². The molecule has 4 rings (SSSR count). The van der Waals surface area contributed by atoms with Crippen molar-refractivity contribution in [2.75, 3.05) is 26.2 Å². The number of carbonyl (C=O) groups is 1. The highest BCUT2D eigenvalue weighted by molar-refractivity contribution is 5.97. The maximum atomic E-state index is 13.1. The minimum atomic E-state index is -4.41. The van der Waals surface area contributed by atoms with Gasteiger partial charge >= 0.3 is 6.18 Å². The topological polar surface area (TPSA) is 50.4 Å². The van der Waals surface area contributed by atoms with Gasteiger partial charge in [-0.15, -0.1) is 0 Å². The largest absolute Gasteiger partial charge is 0.460 e. The van der Waals surface area contributed by atoms with Gasteiger partial charge in [0.15, 0.2) is 5.58 Å².